The van der Waals surface area contributed by atoms with Crippen molar-refractivity contribution in [2.45, 2.75) is 39.2 Å². The molecule has 0 radical (unpaired) electrons. The van der Waals surface area contributed by atoms with Crippen LogP contribution in [-0.4, -0.2) is 58.1 Å². The van der Waals surface area contributed by atoms with E-state index in [0.717, 1.165) is 19.0 Å². The van der Waals surface area contributed by atoms with Gasteiger partial charge in [0.15, 0.2) is 0 Å². The second kappa shape index (κ2) is 7.60. The van der Waals surface area contributed by atoms with E-state index in [0.29, 0.717) is 18.5 Å². The summed E-state index contributed by atoms with van der Waals surface area (Å²) in [6.45, 7) is 7.14. The summed E-state index contributed by atoms with van der Waals surface area (Å²) < 4.78 is 22.4. The van der Waals surface area contributed by atoms with Crippen LogP contribution in [0.2, 0.25) is 0 Å². The van der Waals surface area contributed by atoms with Crippen LogP contribution in [-0.2, 0) is 9.84 Å². The average Bonchev–Trinajstić information content (AvgIpc) is 2.29. The molecule has 1 rings (SSSR count). The molecule has 0 bridgehead atoms. The predicted octanol–water partition coefficient (Wildman–Crippen LogP) is 1.38. The van der Waals surface area contributed by atoms with Crippen LogP contribution in [0.4, 0.5) is 0 Å². The molecule has 1 saturated carbocycles. The summed E-state index contributed by atoms with van der Waals surface area (Å²) in [5, 5.41) is 3.59. The molecule has 1 fully saturated rings. The third-order valence-electron chi connectivity index (χ3n) is 4.10. The summed E-state index contributed by atoms with van der Waals surface area (Å²) in [6.07, 6.45) is 5.12. The monoisotopic (exact) mass is 290 g/mol. The van der Waals surface area contributed by atoms with E-state index < -0.39 is 9.84 Å². The van der Waals surface area contributed by atoms with Crippen molar-refractivity contribution in [3.63, 3.8) is 0 Å². The van der Waals surface area contributed by atoms with E-state index in [1.54, 1.807) is 0 Å². The fourth-order valence-electron chi connectivity index (χ4n) is 3.04. The van der Waals surface area contributed by atoms with Crippen LogP contribution in [0.5, 0.6) is 0 Å². The molecular formula is C14H30N2O2S. The highest BCUT2D eigenvalue weighted by Crippen LogP contribution is 2.29. The number of rotatable bonds is 7. The highest BCUT2D eigenvalue weighted by molar-refractivity contribution is 7.90. The summed E-state index contributed by atoms with van der Waals surface area (Å²) in [6, 6.07) is 0.599. The van der Waals surface area contributed by atoms with E-state index in [4.69, 9.17) is 0 Å². The van der Waals surface area contributed by atoms with Gasteiger partial charge in [0.25, 0.3) is 0 Å². The molecule has 5 heteroatoms. The van der Waals surface area contributed by atoms with Crippen LogP contribution in [0.1, 0.15) is 33.1 Å². The smallest absolute Gasteiger partial charge is 0.148 e. The quantitative estimate of drug-likeness (QED) is 0.769. The Balaban J connectivity index is 2.46. The summed E-state index contributed by atoms with van der Waals surface area (Å²) in [7, 11) is -0.817. The van der Waals surface area contributed by atoms with Crippen molar-refractivity contribution in [3.8, 4) is 0 Å². The van der Waals surface area contributed by atoms with E-state index in [1.165, 1.54) is 25.5 Å². The van der Waals surface area contributed by atoms with Crippen LogP contribution in [0, 0.1) is 11.8 Å². The van der Waals surface area contributed by atoms with Gasteiger partial charge in [-0.25, -0.2) is 8.42 Å². The van der Waals surface area contributed by atoms with E-state index in [9.17, 15) is 8.42 Å². The molecule has 3 atom stereocenters. The first-order chi connectivity index (χ1) is 8.81. The number of sulfone groups is 1. The molecule has 4 nitrogen and oxygen atoms in total. The highest BCUT2D eigenvalue weighted by Gasteiger charge is 2.28. The van der Waals surface area contributed by atoms with Gasteiger partial charge in [0, 0.05) is 25.4 Å². The first-order valence-electron chi connectivity index (χ1n) is 7.41. The molecule has 0 heterocycles. The maximum Gasteiger partial charge on any atom is 0.148 e. The molecule has 0 spiro atoms. The topological polar surface area (TPSA) is 49.4 Å². The van der Waals surface area contributed by atoms with E-state index in [2.05, 4.69) is 24.1 Å². The lowest BCUT2D eigenvalue weighted by molar-refractivity contribution is 0.165. The van der Waals surface area contributed by atoms with Crippen molar-refractivity contribution >= 4 is 9.84 Å². The molecule has 0 saturated heterocycles. The third kappa shape index (κ3) is 6.72. The molecule has 1 aliphatic carbocycles. The van der Waals surface area contributed by atoms with E-state index in [1.807, 2.05) is 7.05 Å². The van der Waals surface area contributed by atoms with Gasteiger partial charge in [-0.05, 0) is 44.7 Å². The Kier molecular flexibility index (Phi) is 6.77. The summed E-state index contributed by atoms with van der Waals surface area (Å²) in [5.74, 6) is 1.70. The molecule has 114 valence electrons. The van der Waals surface area contributed by atoms with Gasteiger partial charge < -0.3 is 10.2 Å². The minimum Gasteiger partial charge on any atom is -0.314 e. The molecule has 19 heavy (non-hydrogen) atoms. The molecule has 3 unspecified atom stereocenters. The second-order valence-corrected chi connectivity index (χ2v) is 8.49. The highest BCUT2D eigenvalue weighted by atomic mass is 32.2. The molecule has 1 N–H and O–H groups in total. The standard InChI is InChI=1S/C14H30N2O2S/c1-5-15-14-7-6-12(2)10-13(14)11-16(3)8-9-19(4,17)18/h12-15H,5-11H2,1-4H3. The van der Waals surface area contributed by atoms with Crippen molar-refractivity contribution in [2.75, 3.05) is 38.7 Å². The zero-order valence-corrected chi connectivity index (χ0v) is 13.7. The second-order valence-electron chi connectivity index (χ2n) is 6.23. The maximum absolute atomic E-state index is 11.2. The zero-order chi connectivity index (χ0) is 14.5. The van der Waals surface area contributed by atoms with Crippen LogP contribution >= 0.6 is 0 Å². The average molecular weight is 290 g/mol. The van der Waals surface area contributed by atoms with Crippen molar-refractivity contribution in [1.82, 2.24) is 10.2 Å². The lowest BCUT2D eigenvalue weighted by Gasteiger charge is -2.37. The molecule has 0 aromatic carbocycles. The van der Waals surface area contributed by atoms with Crippen molar-refractivity contribution < 1.29 is 8.42 Å². The van der Waals surface area contributed by atoms with Gasteiger partial charge in [0.1, 0.15) is 9.84 Å². The summed E-state index contributed by atoms with van der Waals surface area (Å²) in [5.41, 5.74) is 0. The normalized spacial score (nSPS) is 28.8. The van der Waals surface area contributed by atoms with E-state index >= 15 is 0 Å². The van der Waals surface area contributed by atoms with Crippen molar-refractivity contribution in [3.05, 3.63) is 0 Å². The fraction of sp³-hybridized carbons (Fsp3) is 1.00. The largest absolute Gasteiger partial charge is 0.314 e. The van der Waals surface area contributed by atoms with Gasteiger partial charge in [-0.3, -0.25) is 0 Å². The molecule has 0 aliphatic heterocycles. The number of nitrogens with zero attached hydrogens (tertiary/aromatic N) is 1. The molecule has 1 aliphatic rings. The van der Waals surface area contributed by atoms with Gasteiger partial charge in [-0.1, -0.05) is 13.8 Å². The van der Waals surface area contributed by atoms with Gasteiger partial charge >= 0.3 is 0 Å². The van der Waals surface area contributed by atoms with Crippen LogP contribution in [0.15, 0.2) is 0 Å². The zero-order valence-electron chi connectivity index (χ0n) is 12.9. The predicted molar refractivity (Wildman–Crippen MR) is 81.2 cm³/mol. The number of nitrogens with one attached hydrogen (secondary N) is 1. The molecule has 0 aromatic rings. The first kappa shape index (κ1) is 16.9. The van der Waals surface area contributed by atoms with Gasteiger partial charge in [0.05, 0.1) is 5.75 Å². The van der Waals surface area contributed by atoms with Gasteiger partial charge in [-0.2, -0.15) is 0 Å². The number of hydrogen-bond acceptors (Lipinski definition) is 4. The Morgan fingerprint density at radius 2 is 2.00 bits per heavy atom. The lowest BCUT2D eigenvalue weighted by atomic mass is 9.78. The van der Waals surface area contributed by atoms with Crippen molar-refractivity contribution in [2.24, 2.45) is 11.8 Å². The lowest BCUT2D eigenvalue weighted by Crippen LogP contribution is -2.45. The van der Waals surface area contributed by atoms with Crippen LogP contribution < -0.4 is 5.32 Å². The molecule has 0 aromatic heterocycles. The summed E-state index contributed by atoms with van der Waals surface area (Å²) in [4.78, 5) is 2.17. The Hall–Kier alpha value is -0.130. The van der Waals surface area contributed by atoms with Crippen molar-refractivity contribution in [1.29, 1.82) is 0 Å². The Morgan fingerprint density at radius 3 is 2.58 bits per heavy atom. The Labute approximate surface area is 118 Å². The first-order valence-corrected chi connectivity index (χ1v) is 9.47. The Morgan fingerprint density at radius 1 is 1.32 bits per heavy atom. The van der Waals surface area contributed by atoms with Gasteiger partial charge in [-0.15, -0.1) is 0 Å². The third-order valence-corrected chi connectivity index (χ3v) is 5.03. The SMILES string of the molecule is CCNC1CCC(C)CC1CN(C)CCS(C)(=O)=O. The molecular weight excluding hydrogens is 260 g/mol. The minimum atomic E-state index is -2.85. The minimum absolute atomic E-state index is 0.262. The van der Waals surface area contributed by atoms with Crippen LogP contribution in [0.3, 0.4) is 0 Å². The Bertz CT molecular complexity index is 356. The maximum atomic E-state index is 11.2. The summed E-state index contributed by atoms with van der Waals surface area (Å²) >= 11 is 0. The van der Waals surface area contributed by atoms with Gasteiger partial charge in [0.2, 0.25) is 0 Å². The fourth-order valence-corrected chi connectivity index (χ4v) is 3.69. The van der Waals surface area contributed by atoms with Crippen LogP contribution in [0.25, 0.3) is 0 Å². The van der Waals surface area contributed by atoms with E-state index in [-0.39, 0.29) is 5.75 Å². The number of hydrogen-bond donors (Lipinski definition) is 1. The molecule has 0 amide bonds.